The molecule has 6 heteroatoms. The number of hydrogen-bond acceptors (Lipinski definition) is 3. The first kappa shape index (κ1) is 15.5. The summed E-state index contributed by atoms with van der Waals surface area (Å²) in [6, 6.07) is 14.2. The van der Waals surface area contributed by atoms with Crippen molar-refractivity contribution in [2.24, 2.45) is 5.11 Å². The maximum Gasteiger partial charge on any atom is 0.255 e. The number of azide groups is 1. The Morgan fingerprint density at radius 2 is 2.16 bits per heavy atom. The third-order valence-electron chi connectivity index (χ3n) is 5.22. The first-order valence-electron chi connectivity index (χ1n) is 8.46. The summed E-state index contributed by atoms with van der Waals surface area (Å²) in [6.45, 7) is 3.13. The van der Waals surface area contributed by atoms with Crippen LogP contribution in [-0.2, 0) is 16.8 Å². The predicted octanol–water partition coefficient (Wildman–Crippen LogP) is 3.91. The summed E-state index contributed by atoms with van der Waals surface area (Å²) in [5.41, 5.74) is 13.2. The van der Waals surface area contributed by atoms with Crippen molar-refractivity contribution in [2.45, 2.75) is 25.3 Å². The number of nitrogens with one attached hydrogen (secondary N) is 1. The van der Waals surface area contributed by atoms with E-state index in [0.29, 0.717) is 6.42 Å². The molecule has 0 fully saturated rings. The van der Waals surface area contributed by atoms with E-state index in [1.54, 1.807) is 0 Å². The van der Waals surface area contributed by atoms with Gasteiger partial charge in [0.2, 0.25) is 0 Å². The minimum absolute atomic E-state index is 0.0461. The van der Waals surface area contributed by atoms with E-state index in [1.165, 1.54) is 11.1 Å². The van der Waals surface area contributed by atoms with Gasteiger partial charge in [-0.2, -0.15) is 0 Å². The SMILES string of the molecule is Cc1ccc2c(c1)CCN2[C@]1(CCN=[N+]=[N-])C(=O)Nc2ccccc21. The van der Waals surface area contributed by atoms with Crippen molar-refractivity contribution in [3.05, 3.63) is 69.6 Å². The van der Waals surface area contributed by atoms with Crippen LogP contribution in [0.3, 0.4) is 0 Å². The van der Waals surface area contributed by atoms with Crippen molar-refractivity contribution in [1.82, 2.24) is 0 Å². The van der Waals surface area contributed by atoms with E-state index >= 15 is 0 Å². The van der Waals surface area contributed by atoms with Crippen LogP contribution in [0.25, 0.3) is 10.4 Å². The van der Waals surface area contributed by atoms with E-state index in [0.717, 1.165) is 29.9 Å². The molecule has 1 atom stereocenters. The van der Waals surface area contributed by atoms with Gasteiger partial charge in [-0.25, -0.2) is 0 Å². The minimum atomic E-state index is -0.828. The van der Waals surface area contributed by atoms with Crippen molar-refractivity contribution >= 4 is 17.3 Å². The van der Waals surface area contributed by atoms with Gasteiger partial charge in [0.25, 0.3) is 5.91 Å². The number of para-hydroxylation sites is 1. The summed E-state index contributed by atoms with van der Waals surface area (Å²) < 4.78 is 0. The van der Waals surface area contributed by atoms with Gasteiger partial charge >= 0.3 is 0 Å². The van der Waals surface area contributed by atoms with Crippen LogP contribution in [0.1, 0.15) is 23.1 Å². The van der Waals surface area contributed by atoms with E-state index in [9.17, 15) is 4.79 Å². The molecule has 2 aliphatic heterocycles. The molecule has 0 bridgehead atoms. The zero-order chi connectivity index (χ0) is 17.4. The van der Waals surface area contributed by atoms with E-state index in [4.69, 9.17) is 5.53 Å². The molecule has 2 aliphatic rings. The standard InChI is InChI=1S/C19H19N5O/c1-13-6-7-17-14(12-13)8-11-24(17)19(9-10-21-23-20)15-4-2-3-5-16(15)22-18(19)25/h2-7,12H,8-11H2,1H3,(H,22,25)/t19-/m0/s1. The van der Waals surface area contributed by atoms with Gasteiger partial charge in [0.15, 0.2) is 0 Å². The Kier molecular flexibility index (Phi) is 3.62. The van der Waals surface area contributed by atoms with Gasteiger partial charge < -0.3 is 10.2 Å². The van der Waals surface area contributed by atoms with Crippen molar-refractivity contribution in [3.63, 3.8) is 0 Å². The normalized spacial score (nSPS) is 20.7. The average Bonchev–Trinajstić information content (AvgIpc) is 3.14. The Morgan fingerprint density at radius 1 is 1.32 bits per heavy atom. The molecular weight excluding hydrogens is 314 g/mol. The molecule has 6 nitrogen and oxygen atoms in total. The quantitative estimate of drug-likeness (QED) is 0.523. The molecular formula is C19H19N5O. The van der Waals surface area contributed by atoms with E-state index in [-0.39, 0.29) is 12.5 Å². The highest BCUT2D eigenvalue weighted by molar-refractivity contribution is 6.08. The topological polar surface area (TPSA) is 81.1 Å². The second-order valence-corrected chi connectivity index (χ2v) is 6.60. The number of rotatable bonds is 4. The van der Waals surface area contributed by atoms with E-state index < -0.39 is 5.54 Å². The van der Waals surface area contributed by atoms with Crippen LogP contribution in [0.5, 0.6) is 0 Å². The maximum atomic E-state index is 13.1. The number of nitrogens with zero attached hydrogens (tertiary/aromatic N) is 4. The minimum Gasteiger partial charge on any atom is -0.353 e. The van der Waals surface area contributed by atoms with Crippen LogP contribution < -0.4 is 10.2 Å². The van der Waals surface area contributed by atoms with Gasteiger partial charge in [-0.3, -0.25) is 4.79 Å². The van der Waals surface area contributed by atoms with Gasteiger partial charge in [-0.15, -0.1) is 0 Å². The van der Waals surface area contributed by atoms with Crippen LogP contribution in [0.15, 0.2) is 47.6 Å². The fraction of sp³-hybridized carbons (Fsp3) is 0.316. The number of aryl methyl sites for hydroxylation is 1. The van der Waals surface area contributed by atoms with Gasteiger partial charge in [0.05, 0.1) is 0 Å². The van der Waals surface area contributed by atoms with Crippen molar-refractivity contribution in [1.29, 1.82) is 0 Å². The number of carbonyl (C=O) groups is 1. The number of fused-ring (bicyclic) bond motifs is 2. The summed E-state index contributed by atoms with van der Waals surface area (Å²) in [7, 11) is 0. The molecule has 25 heavy (non-hydrogen) atoms. The molecule has 1 amide bonds. The highest BCUT2D eigenvalue weighted by atomic mass is 16.2. The van der Waals surface area contributed by atoms with Crippen molar-refractivity contribution < 1.29 is 4.79 Å². The second-order valence-electron chi connectivity index (χ2n) is 6.60. The molecule has 2 aromatic rings. The molecule has 0 saturated heterocycles. The van der Waals surface area contributed by atoms with Gasteiger partial charge in [0.1, 0.15) is 5.54 Å². The highest BCUT2D eigenvalue weighted by Crippen LogP contribution is 2.47. The lowest BCUT2D eigenvalue weighted by atomic mass is 9.85. The van der Waals surface area contributed by atoms with Crippen LogP contribution in [-0.4, -0.2) is 19.0 Å². The third kappa shape index (κ3) is 2.26. The second kappa shape index (κ2) is 5.83. The largest absolute Gasteiger partial charge is 0.353 e. The molecule has 0 radical (unpaired) electrons. The van der Waals surface area contributed by atoms with Gasteiger partial charge in [0, 0.05) is 34.9 Å². The molecule has 0 aliphatic carbocycles. The molecule has 1 N–H and O–H groups in total. The molecule has 4 rings (SSSR count). The van der Waals surface area contributed by atoms with Crippen LogP contribution in [0, 0.1) is 6.92 Å². The number of amides is 1. The molecule has 2 aromatic carbocycles. The van der Waals surface area contributed by atoms with Crippen molar-refractivity contribution in [3.8, 4) is 0 Å². The predicted molar refractivity (Wildman–Crippen MR) is 97.6 cm³/mol. The number of hydrogen-bond donors (Lipinski definition) is 1. The molecule has 0 aromatic heterocycles. The van der Waals surface area contributed by atoms with Crippen molar-refractivity contribution in [2.75, 3.05) is 23.3 Å². The summed E-state index contributed by atoms with van der Waals surface area (Å²) in [5.74, 6) is -0.0461. The molecule has 2 heterocycles. The maximum absolute atomic E-state index is 13.1. The van der Waals surface area contributed by atoms with E-state index in [1.807, 2.05) is 24.3 Å². The molecule has 0 spiro atoms. The summed E-state index contributed by atoms with van der Waals surface area (Å²) >= 11 is 0. The number of benzene rings is 2. The zero-order valence-corrected chi connectivity index (χ0v) is 14.1. The fourth-order valence-corrected chi connectivity index (χ4v) is 4.14. The van der Waals surface area contributed by atoms with E-state index in [2.05, 4.69) is 45.4 Å². The third-order valence-corrected chi connectivity index (χ3v) is 5.22. The summed E-state index contributed by atoms with van der Waals surface area (Å²) in [6.07, 6.45) is 1.36. The number of anilines is 2. The molecule has 126 valence electrons. The fourth-order valence-electron chi connectivity index (χ4n) is 4.14. The number of carbonyl (C=O) groups excluding carboxylic acids is 1. The first-order valence-corrected chi connectivity index (χ1v) is 8.46. The first-order chi connectivity index (χ1) is 12.2. The Labute approximate surface area is 146 Å². The highest BCUT2D eigenvalue weighted by Gasteiger charge is 2.52. The lowest BCUT2D eigenvalue weighted by molar-refractivity contribution is -0.121. The summed E-state index contributed by atoms with van der Waals surface area (Å²) in [5, 5.41) is 6.72. The smallest absolute Gasteiger partial charge is 0.255 e. The Hall–Kier alpha value is -2.98. The molecule has 0 unspecified atom stereocenters. The zero-order valence-electron chi connectivity index (χ0n) is 14.1. The van der Waals surface area contributed by atoms with Gasteiger partial charge in [-0.05, 0) is 43.0 Å². The summed E-state index contributed by atoms with van der Waals surface area (Å²) in [4.78, 5) is 18.2. The average molecular weight is 333 g/mol. The van der Waals surface area contributed by atoms with Crippen LogP contribution in [0.2, 0.25) is 0 Å². The Bertz CT molecular complexity index is 902. The monoisotopic (exact) mass is 333 g/mol. The lowest BCUT2D eigenvalue weighted by Gasteiger charge is -2.39. The van der Waals surface area contributed by atoms with Crippen LogP contribution in [0.4, 0.5) is 11.4 Å². The Morgan fingerprint density at radius 3 is 3.00 bits per heavy atom. The molecule has 0 saturated carbocycles. The Balaban J connectivity index is 1.87. The van der Waals surface area contributed by atoms with Gasteiger partial charge in [-0.1, -0.05) is 41.0 Å². The lowest BCUT2D eigenvalue weighted by Crippen LogP contribution is -2.51. The van der Waals surface area contributed by atoms with Crippen LogP contribution >= 0.6 is 0 Å².